The molecule has 1 aliphatic rings. The van der Waals surface area contributed by atoms with Crippen LogP contribution in [-0.4, -0.2) is 13.2 Å². The Bertz CT molecular complexity index is 294. The van der Waals surface area contributed by atoms with Crippen LogP contribution in [0.1, 0.15) is 18.9 Å². The standard InChI is InChI=1S/C11H14O2/c1-2-12-10-7-3-5-9-6-4-8-13-11(9)10/h3,5,7H,2,4,6,8H2,1H3. The van der Waals surface area contributed by atoms with E-state index in [2.05, 4.69) is 6.07 Å². The van der Waals surface area contributed by atoms with E-state index in [1.54, 1.807) is 0 Å². The summed E-state index contributed by atoms with van der Waals surface area (Å²) in [5.74, 6) is 1.84. The van der Waals surface area contributed by atoms with Gasteiger partial charge in [-0.2, -0.15) is 0 Å². The Balaban J connectivity index is 2.34. The summed E-state index contributed by atoms with van der Waals surface area (Å²) in [5.41, 5.74) is 1.28. The molecule has 2 nitrogen and oxygen atoms in total. The van der Waals surface area contributed by atoms with Crippen molar-refractivity contribution in [1.29, 1.82) is 0 Å². The number of para-hydroxylation sites is 1. The summed E-state index contributed by atoms with van der Waals surface area (Å²) in [4.78, 5) is 0. The topological polar surface area (TPSA) is 18.5 Å². The van der Waals surface area contributed by atoms with Gasteiger partial charge in [-0.15, -0.1) is 0 Å². The van der Waals surface area contributed by atoms with E-state index in [9.17, 15) is 0 Å². The molecule has 0 atom stereocenters. The monoisotopic (exact) mass is 178 g/mol. The maximum atomic E-state index is 5.58. The zero-order valence-electron chi connectivity index (χ0n) is 7.88. The van der Waals surface area contributed by atoms with Crippen LogP contribution in [0.4, 0.5) is 0 Å². The Hall–Kier alpha value is -1.18. The minimum Gasteiger partial charge on any atom is -0.490 e. The van der Waals surface area contributed by atoms with Crippen molar-refractivity contribution in [3.8, 4) is 11.5 Å². The molecule has 0 aromatic heterocycles. The number of aryl methyl sites for hydroxylation is 1. The van der Waals surface area contributed by atoms with Crippen molar-refractivity contribution >= 4 is 0 Å². The first-order valence-corrected chi connectivity index (χ1v) is 4.79. The molecule has 2 heteroatoms. The van der Waals surface area contributed by atoms with Crippen molar-refractivity contribution in [3.05, 3.63) is 23.8 Å². The maximum absolute atomic E-state index is 5.58. The van der Waals surface area contributed by atoms with Crippen LogP contribution in [-0.2, 0) is 6.42 Å². The lowest BCUT2D eigenvalue weighted by Gasteiger charge is -2.19. The quantitative estimate of drug-likeness (QED) is 0.692. The van der Waals surface area contributed by atoms with Gasteiger partial charge < -0.3 is 9.47 Å². The molecular weight excluding hydrogens is 164 g/mol. The molecule has 0 amide bonds. The first-order chi connectivity index (χ1) is 6.42. The minimum atomic E-state index is 0.694. The molecule has 1 aromatic rings. The Kier molecular flexibility index (Phi) is 2.39. The van der Waals surface area contributed by atoms with Gasteiger partial charge in [0, 0.05) is 0 Å². The number of rotatable bonds is 2. The third kappa shape index (κ3) is 1.62. The van der Waals surface area contributed by atoms with E-state index in [0.717, 1.165) is 30.9 Å². The second-order valence-electron chi connectivity index (χ2n) is 3.13. The molecule has 0 saturated heterocycles. The molecule has 1 heterocycles. The van der Waals surface area contributed by atoms with Crippen molar-refractivity contribution in [2.24, 2.45) is 0 Å². The molecule has 2 rings (SSSR count). The fourth-order valence-electron chi connectivity index (χ4n) is 1.63. The fraction of sp³-hybridized carbons (Fsp3) is 0.455. The zero-order chi connectivity index (χ0) is 9.10. The van der Waals surface area contributed by atoms with Crippen LogP contribution in [0.2, 0.25) is 0 Å². The smallest absolute Gasteiger partial charge is 0.164 e. The Morgan fingerprint density at radius 3 is 3.23 bits per heavy atom. The normalized spacial score (nSPS) is 14.5. The number of hydrogen-bond acceptors (Lipinski definition) is 2. The first-order valence-electron chi connectivity index (χ1n) is 4.79. The number of benzene rings is 1. The van der Waals surface area contributed by atoms with Gasteiger partial charge in [-0.05, 0) is 31.4 Å². The molecule has 0 radical (unpaired) electrons. The van der Waals surface area contributed by atoms with Crippen LogP contribution < -0.4 is 9.47 Å². The molecule has 1 aliphatic heterocycles. The summed E-state index contributed by atoms with van der Waals surface area (Å²) in [7, 11) is 0. The second kappa shape index (κ2) is 3.69. The van der Waals surface area contributed by atoms with Crippen molar-refractivity contribution in [3.63, 3.8) is 0 Å². The number of ether oxygens (including phenoxy) is 2. The van der Waals surface area contributed by atoms with Gasteiger partial charge in [0.05, 0.1) is 13.2 Å². The van der Waals surface area contributed by atoms with Crippen LogP contribution in [0, 0.1) is 0 Å². The minimum absolute atomic E-state index is 0.694. The highest BCUT2D eigenvalue weighted by Gasteiger charge is 2.14. The maximum Gasteiger partial charge on any atom is 0.164 e. The molecule has 0 saturated carbocycles. The summed E-state index contributed by atoms with van der Waals surface area (Å²) >= 11 is 0. The fourth-order valence-corrected chi connectivity index (χ4v) is 1.63. The van der Waals surface area contributed by atoms with Crippen molar-refractivity contribution < 1.29 is 9.47 Å². The van der Waals surface area contributed by atoms with E-state index in [-0.39, 0.29) is 0 Å². The molecule has 13 heavy (non-hydrogen) atoms. The molecule has 0 aliphatic carbocycles. The summed E-state index contributed by atoms with van der Waals surface area (Å²) < 4.78 is 11.1. The summed E-state index contributed by atoms with van der Waals surface area (Å²) in [6.07, 6.45) is 2.22. The molecule has 1 aromatic carbocycles. The predicted octanol–water partition coefficient (Wildman–Crippen LogP) is 2.41. The van der Waals surface area contributed by atoms with Gasteiger partial charge in [-0.1, -0.05) is 12.1 Å². The predicted molar refractivity (Wildman–Crippen MR) is 51.4 cm³/mol. The van der Waals surface area contributed by atoms with Crippen LogP contribution in [0.5, 0.6) is 11.5 Å². The van der Waals surface area contributed by atoms with E-state index >= 15 is 0 Å². The average molecular weight is 178 g/mol. The van der Waals surface area contributed by atoms with Crippen molar-refractivity contribution in [1.82, 2.24) is 0 Å². The van der Waals surface area contributed by atoms with E-state index in [1.807, 2.05) is 19.1 Å². The Labute approximate surface area is 78.5 Å². The van der Waals surface area contributed by atoms with Gasteiger partial charge in [0.1, 0.15) is 0 Å². The van der Waals surface area contributed by atoms with Gasteiger partial charge in [-0.25, -0.2) is 0 Å². The van der Waals surface area contributed by atoms with Crippen LogP contribution in [0.3, 0.4) is 0 Å². The average Bonchev–Trinajstić information content (AvgIpc) is 2.19. The lowest BCUT2D eigenvalue weighted by atomic mass is 10.1. The SMILES string of the molecule is CCOc1cccc2c1OCCC2. The van der Waals surface area contributed by atoms with Crippen LogP contribution in [0.15, 0.2) is 18.2 Å². The van der Waals surface area contributed by atoms with Gasteiger partial charge in [0.15, 0.2) is 11.5 Å². The lowest BCUT2D eigenvalue weighted by molar-refractivity contribution is 0.257. The van der Waals surface area contributed by atoms with E-state index in [1.165, 1.54) is 5.56 Å². The Morgan fingerprint density at radius 1 is 1.46 bits per heavy atom. The lowest BCUT2D eigenvalue weighted by Crippen LogP contribution is -2.09. The van der Waals surface area contributed by atoms with E-state index < -0.39 is 0 Å². The Morgan fingerprint density at radius 2 is 2.38 bits per heavy atom. The third-order valence-corrected chi connectivity index (χ3v) is 2.20. The second-order valence-corrected chi connectivity index (χ2v) is 3.13. The summed E-state index contributed by atoms with van der Waals surface area (Å²) in [6, 6.07) is 6.10. The molecule has 70 valence electrons. The molecule has 0 spiro atoms. The summed E-state index contributed by atoms with van der Waals surface area (Å²) in [6.45, 7) is 3.50. The van der Waals surface area contributed by atoms with Crippen LogP contribution >= 0.6 is 0 Å². The van der Waals surface area contributed by atoms with Gasteiger partial charge in [-0.3, -0.25) is 0 Å². The first kappa shape index (κ1) is 8.42. The zero-order valence-corrected chi connectivity index (χ0v) is 7.88. The molecule has 0 fully saturated rings. The highest BCUT2D eigenvalue weighted by Crippen LogP contribution is 2.34. The van der Waals surface area contributed by atoms with Gasteiger partial charge in [0.2, 0.25) is 0 Å². The van der Waals surface area contributed by atoms with E-state index in [4.69, 9.17) is 9.47 Å². The molecule has 0 unspecified atom stereocenters. The molecule has 0 bridgehead atoms. The molecule has 0 N–H and O–H groups in total. The van der Waals surface area contributed by atoms with Crippen molar-refractivity contribution in [2.75, 3.05) is 13.2 Å². The number of fused-ring (bicyclic) bond motifs is 1. The highest BCUT2D eigenvalue weighted by atomic mass is 16.5. The van der Waals surface area contributed by atoms with E-state index in [0.29, 0.717) is 6.61 Å². The number of hydrogen-bond donors (Lipinski definition) is 0. The van der Waals surface area contributed by atoms with Crippen LogP contribution in [0.25, 0.3) is 0 Å². The third-order valence-electron chi connectivity index (χ3n) is 2.20. The molecular formula is C11H14O2. The summed E-state index contributed by atoms with van der Waals surface area (Å²) in [5, 5.41) is 0. The van der Waals surface area contributed by atoms with Gasteiger partial charge in [0.25, 0.3) is 0 Å². The highest BCUT2D eigenvalue weighted by molar-refractivity contribution is 5.47. The largest absolute Gasteiger partial charge is 0.490 e. The van der Waals surface area contributed by atoms with Crippen molar-refractivity contribution in [2.45, 2.75) is 19.8 Å². The van der Waals surface area contributed by atoms with Gasteiger partial charge >= 0.3 is 0 Å².